The van der Waals surface area contributed by atoms with Gasteiger partial charge in [-0.1, -0.05) is 18.7 Å². The summed E-state index contributed by atoms with van der Waals surface area (Å²) in [6.45, 7) is 6.08. The van der Waals surface area contributed by atoms with E-state index in [4.69, 9.17) is 5.73 Å². The van der Waals surface area contributed by atoms with Crippen molar-refractivity contribution in [1.29, 1.82) is 0 Å². The first-order chi connectivity index (χ1) is 9.19. The van der Waals surface area contributed by atoms with Crippen LogP contribution in [0.4, 0.5) is 0 Å². The summed E-state index contributed by atoms with van der Waals surface area (Å²) in [4.78, 5) is 13.3. The van der Waals surface area contributed by atoms with Crippen molar-refractivity contribution in [2.45, 2.75) is 25.7 Å². The number of rotatable bonds is 5. The molecule has 1 saturated heterocycles. The monoisotopic (exact) mass is 258 g/mol. The lowest BCUT2D eigenvalue weighted by molar-refractivity contribution is 0.100. The second-order valence-corrected chi connectivity index (χ2v) is 5.26. The van der Waals surface area contributed by atoms with Crippen LogP contribution in [0.25, 0.3) is 0 Å². The van der Waals surface area contributed by atoms with Gasteiger partial charge in [0.25, 0.3) is 0 Å². The molecule has 0 aromatic heterocycles. The molecule has 0 spiro atoms. The SMILES string of the molecule is C=CN1CCC(CCc2ccc(C(N)=O)cc2)CC1. The lowest BCUT2D eigenvalue weighted by Crippen LogP contribution is -2.29. The van der Waals surface area contributed by atoms with E-state index in [9.17, 15) is 4.79 Å². The molecule has 0 unspecified atom stereocenters. The van der Waals surface area contributed by atoms with E-state index in [1.807, 2.05) is 30.5 Å². The summed E-state index contributed by atoms with van der Waals surface area (Å²) < 4.78 is 0. The summed E-state index contributed by atoms with van der Waals surface area (Å²) in [7, 11) is 0. The van der Waals surface area contributed by atoms with Crippen LogP contribution in [-0.2, 0) is 6.42 Å². The Hall–Kier alpha value is -1.77. The van der Waals surface area contributed by atoms with Gasteiger partial charge in [0.05, 0.1) is 0 Å². The third kappa shape index (κ3) is 3.85. The molecule has 19 heavy (non-hydrogen) atoms. The summed E-state index contributed by atoms with van der Waals surface area (Å²) in [6, 6.07) is 7.66. The van der Waals surface area contributed by atoms with Crippen LogP contribution in [0.1, 0.15) is 35.2 Å². The minimum Gasteiger partial charge on any atom is -0.378 e. The molecular weight excluding hydrogens is 236 g/mol. The van der Waals surface area contributed by atoms with E-state index in [-0.39, 0.29) is 5.91 Å². The summed E-state index contributed by atoms with van der Waals surface area (Å²) in [6.07, 6.45) is 6.76. The molecule has 1 heterocycles. The highest BCUT2D eigenvalue weighted by atomic mass is 16.1. The highest BCUT2D eigenvalue weighted by Gasteiger charge is 2.16. The summed E-state index contributed by atoms with van der Waals surface area (Å²) in [5.41, 5.74) is 7.10. The molecule has 2 N–H and O–H groups in total. The van der Waals surface area contributed by atoms with Gasteiger partial charge in [0.1, 0.15) is 0 Å². The molecule has 0 aliphatic carbocycles. The van der Waals surface area contributed by atoms with Crippen LogP contribution in [0.2, 0.25) is 0 Å². The van der Waals surface area contributed by atoms with Gasteiger partial charge >= 0.3 is 0 Å². The molecule has 1 aromatic rings. The average molecular weight is 258 g/mol. The van der Waals surface area contributed by atoms with Crippen molar-refractivity contribution in [2.24, 2.45) is 11.7 Å². The number of carbonyl (C=O) groups is 1. The number of nitrogens with zero attached hydrogens (tertiary/aromatic N) is 1. The van der Waals surface area contributed by atoms with Crippen LogP contribution in [0.3, 0.4) is 0 Å². The topological polar surface area (TPSA) is 46.3 Å². The number of benzene rings is 1. The average Bonchev–Trinajstić information content (AvgIpc) is 2.46. The van der Waals surface area contributed by atoms with E-state index in [2.05, 4.69) is 11.5 Å². The first-order valence-electron chi connectivity index (χ1n) is 6.94. The third-order valence-corrected chi connectivity index (χ3v) is 3.99. The largest absolute Gasteiger partial charge is 0.378 e. The van der Waals surface area contributed by atoms with Crippen LogP contribution in [0.15, 0.2) is 37.0 Å². The maximum atomic E-state index is 11.0. The van der Waals surface area contributed by atoms with Crippen LogP contribution in [0.5, 0.6) is 0 Å². The second kappa shape index (κ2) is 6.41. The second-order valence-electron chi connectivity index (χ2n) is 5.26. The van der Waals surface area contributed by atoms with Crippen molar-refractivity contribution < 1.29 is 4.79 Å². The first kappa shape index (κ1) is 13.7. The van der Waals surface area contributed by atoms with Gasteiger partial charge in [-0.15, -0.1) is 0 Å². The van der Waals surface area contributed by atoms with E-state index >= 15 is 0 Å². The van der Waals surface area contributed by atoms with Gasteiger partial charge in [-0.05, 0) is 55.5 Å². The zero-order valence-corrected chi connectivity index (χ0v) is 11.3. The maximum absolute atomic E-state index is 11.0. The van der Waals surface area contributed by atoms with Gasteiger partial charge in [-0.3, -0.25) is 4.79 Å². The Balaban J connectivity index is 1.79. The Kier molecular flexibility index (Phi) is 4.61. The van der Waals surface area contributed by atoms with Crippen molar-refractivity contribution in [2.75, 3.05) is 13.1 Å². The molecular formula is C16H22N2O. The van der Waals surface area contributed by atoms with E-state index in [1.165, 1.54) is 24.8 Å². The molecule has 102 valence electrons. The van der Waals surface area contributed by atoms with Crippen LogP contribution >= 0.6 is 0 Å². The summed E-state index contributed by atoms with van der Waals surface area (Å²) in [5, 5.41) is 0. The minimum absolute atomic E-state index is 0.358. The van der Waals surface area contributed by atoms with Crippen LogP contribution < -0.4 is 5.73 Å². The Morgan fingerprint density at radius 2 is 1.95 bits per heavy atom. The van der Waals surface area contributed by atoms with Crippen molar-refractivity contribution >= 4 is 5.91 Å². The first-order valence-corrected chi connectivity index (χ1v) is 6.94. The lowest BCUT2D eigenvalue weighted by atomic mass is 9.90. The highest BCUT2D eigenvalue weighted by molar-refractivity contribution is 5.92. The molecule has 0 atom stereocenters. The Bertz CT molecular complexity index is 431. The Labute approximate surface area is 115 Å². The zero-order valence-electron chi connectivity index (χ0n) is 11.3. The van der Waals surface area contributed by atoms with Crippen molar-refractivity contribution in [3.8, 4) is 0 Å². The number of aryl methyl sites for hydroxylation is 1. The quantitative estimate of drug-likeness (QED) is 0.882. The summed E-state index contributed by atoms with van der Waals surface area (Å²) in [5.74, 6) is 0.454. The predicted molar refractivity (Wildman–Crippen MR) is 77.8 cm³/mol. The molecule has 3 heteroatoms. The molecule has 1 fully saturated rings. The van der Waals surface area contributed by atoms with Crippen molar-refractivity contribution in [3.05, 3.63) is 48.2 Å². The van der Waals surface area contributed by atoms with Gasteiger partial charge < -0.3 is 10.6 Å². The number of likely N-dealkylation sites (tertiary alicyclic amines) is 1. The van der Waals surface area contributed by atoms with Crippen LogP contribution in [0, 0.1) is 5.92 Å². The molecule has 0 bridgehead atoms. The van der Waals surface area contributed by atoms with Gasteiger partial charge in [0.2, 0.25) is 5.91 Å². The van der Waals surface area contributed by atoms with Gasteiger partial charge in [0.15, 0.2) is 0 Å². The number of piperidine rings is 1. The lowest BCUT2D eigenvalue weighted by Gasteiger charge is -2.30. The highest BCUT2D eigenvalue weighted by Crippen LogP contribution is 2.22. The van der Waals surface area contributed by atoms with E-state index < -0.39 is 0 Å². The molecule has 1 amide bonds. The zero-order chi connectivity index (χ0) is 13.7. The minimum atomic E-state index is -0.358. The van der Waals surface area contributed by atoms with Crippen LogP contribution in [-0.4, -0.2) is 23.9 Å². The number of hydrogen-bond acceptors (Lipinski definition) is 2. The predicted octanol–water partition coefficient (Wildman–Crippen LogP) is 2.57. The smallest absolute Gasteiger partial charge is 0.248 e. The Morgan fingerprint density at radius 1 is 1.32 bits per heavy atom. The molecule has 1 aliphatic rings. The standard InChI is InChI=1S/C16H22N2O/c1-2-18-11-9-14(10-12-18)4-3-13-5-7-15(8-6-13)16(17)19/h2,5-8,14H,1,3-4,9-12H2,(H2,17,19). The van der Waals surface area contributed by atoms with E-state index in [0.29, 0.717) is 5.56 Å². The molecule has 0 saturated carbocycles. The Morgan fingerprint density at radius 3 is 2.47 bits per heavy atom. The normalized spacial score (nSPS) is 16.3. The molecule has 0 radical (unpaired) electrons. The third-order valence-electron chi connectivity index (χ3n) is 3.99. The molecule has 2 rings (SSSR count). The van der Waals surface area contributed by atoms with E-state index in [1.54, 1.807) is 0 Å². The van der Waals surface area contributed by atoms with Gasteiger partial charge in [-0.2, -0.15) is 0 Å². The van der Waals surface area contributed by atoms with Gasteiger partial charge in [0, 0.05) is 18.7 Å². The number of primary amides is 1. The summed E-state index contributed by atoms with van der Waals surface area (Å²) >= 11 is 0. The fourth-order valence-corrected chi connectivity index (χ4v) is 2.63. The fourth-order valence-electron chi connectivity index (χ4n) is 2.63. The maximum Gasteiger partial charge on any atom is 0.248 e. The molecule has 3 nitrogen and oxygen atoms in total. The molecule has 1 aliphatic heterocycles. The van der Waals surface area contributed by atoms with Crippen molar-refractivity contribution in [3.63, 3.8) is 0 Å². The number of amides is 1. The number of nitrogens with two attached hydrogens (primary N) is 1. The van der Waals surface area contributed by atoms with E-state index in [0.717, 1.165) is 25.4 Å². The number of carbonyl (C=O) groups excluding carboxylic acids is 1. The van der Waals surface area contributed by atoms with Gasteiger partial charge in [-0.25, -0.2) is 0 Å². The van der Waals surface area contributed by atoms with Crippen molar-refractivity contribution in [1.82, 2.24) is 4.90 Å². The number of hydrogen-bond donors (Lipinski definition) is 1. The molecule has 1 aromatic carbocycles. The fraction of sp³-hybridized carbons (Fsp3) is 0.438.